The Kier molecular flexibility index (Phi) is 3.69. The van der Waals surface area contributed by atoms with Gasteiger partial charge in [-0.1, -0.05) is 18.2 Å². The molecule has 0 amide bonds. The normalized spacial score (nSPS) is 18.8. The summed E-state index contributed by atoms with van der Waals surface area (Å²) in [5.74, 6) is 1.10. The van der Waals surface area contributed by atoms with E-state index in [9.17, 15) is 8.42 Å². The predicted molar refractivity (Wildman–Crippen MR) is 67.0 cm³/mol. The second-order valence-electron chi connectivity index (χ2n) is 4.30. The van der Waals surface area contributed by atoms with Crippen LogP contribution in [0.15, 0.2) is 24.3 Å². The van der Waals surface area contributed by atoms with E-state index in [1.165, 1.54) is 0 Å². The number of ether oxygens (including phenoxy) is 1. The maximum absolute atomic E-state index is 11.8. The molecule has 0 saturated heterocycles. The van der Waals surface area contributed by atoms with Crippen molar-refractivity contribution in [3.63, 3.8) is 0 Å². The molecule has 0 fully saturated rings. The van der Waals surface area contributed by atoms with Crippen LogP contribution in [0.2, 0.25) is 0 Å². The van der Waals surface area contributed by atoms with Gasteiger partial charge in [0.2, 0.25) is 0 Å². The molecule has 1 unspecified atom stereocenters. The highest BCUT2D eigenvalue weighted by molar-refractivity contribution is 7.91. The Hall–Kier alpha value is -1.07. The fraction of sp³-hybridized carbons (Fsp3) is 0.500. The first kappa shape index (κ1) is 12.4. The van der Waals surface area contributed by atoms with Crippen LogP contribution < -0.4 is 10.5 Å². The number of sulfone groups is 1. The second kappa shape index (κ2) is 5.06. The summed E-state index contributed by atoms with van der Waals surface area (Å²) in [6.07, 6.45) is 0.525. The third-order valence-corrected chi connectivity index (χ3v) is 4.73. The van der Waals surface area contributed by atoms with Crippen LogP contribution in [0, 0.1) is 0 Å². The van der Waals surface area contributed by atoms with Crippen LogP contribution in [-0.2, 0) is 9.84 Å². The van der Waals surface area contributed by atoms with E-state index in [0.717, 1.165) is 11.3 Å². The van der Waals surface area contributed by atoms with Crippen LogP contribution in [0.5, 0.6) is 5.75 Å². The molecular weight excluding hydrogens is 238 g/mol. The Balaban J connectivity index is 2.07. The Labute approximate surface area is 102 Å². The molecule has 2 N–H and O–H groups in total. The molecule has 1 aromatic carbocycles. The zero-order chi connectivity index (χ0) is 12.3. The molecule has 1 aliphatic rings. The summed E-state index contributed by atoms with van der Waals surface area (Å²) in [5, 5.41) is 0. The van der Waals surface area contributed by atoms with Gasteiger partial charge in [-0.05, 0) is 19.0 Å². The summed E-state index contributed by atoms with van der Waals surface area (Å²) in [7, 11) is -3.03. The first-order chi connectivity index (χ1) is 8.12. The summed E-state index contributed by atoms with van der Waals surface area (Å²) in [4.78, 5) is 0. The lowest BCUT2D eigenvalue weighted by molar-refractivity contribution is 0.337. The predicted octanol–water partition coefficient (Wildman–Crippen LogP) is 0.926. The highest BCUT2D eigenvalue weighted by Crippen LogP contribution is 2.34. The number of benzene rings is 1. The van der Waals surface area contributed by atoms with Gasteiger partial charge in [-0.2, -0.15) is 0 Å². The molecule has 1 aliphatic heterocycles. The number of para-hydroxylation sites is 1. The van der Waals surface area contributed by atoms with E-state index in [-0.39, 0.29) is 17.4 Å². The summed E-state index contributed by atoms with van der Waals surface area (Å²) in [6, 6.07) is 7.62. The first-order valence-corrected chi connectivity index (χ1v) is 7.57. The third kappa shape index (κ3) is 2.98. The minimum absolute atomic E-state index is 0.0334. The average molecular weight is 255 g/mol. The van der Waals surface area contributed by atoms with E-state index in [2.05, 4.69) is 0 Å². The molecule has 0 spiro atoms. The molecule has 0 bridgehead atoms. The molecule has 0 saturated carbocycles. The minimum Gasteiger partial charge on any atom is -0.493 e. The maximum atomic E-state index is 11.8. The smallest absolute Gasteiger partial charge is 0.151 e. The van der Waals surface area contributed by atoms with Crippen molar-refractivity contribution in [2.75, 3.05) is 24.7 Å². The zero-order valence-electron chi connectivity index (χ0n) is 9.63. The molecule has 4 nitrogen and oxygen atoms in total. The van der Waals surface area contributed by atoms with Gasteiger partial charge in [0.05, 0.1) is 18.1 Å². The van der Waals surface area contributed by atoms with Crippen LogP contribution in [0.3, 0.4) is 0 Å². The van der Waals surface area contributed by atoms with Gasteiger partial charge in [-0.3, -0.25) is 0 Å². The Morgan fingerprint density at radius 1 is 1.35 bits per heavy atom. The van der Waals surface area contributed by atoms with Crippen molar-refractivity contribution in [3.8, 4) is 5.75 Å². The van der Waals surface area contributed by atoms with Crippen LogP contribution in [0.4, 0.5) is 0 Å². The second-order valence-corrected chi connectivity index (χ2v) is 6.53. The van der Waals surface area contributed by atoms with E-state index in [1.807, 2.05) is 24.3 Å². The van der Waals surface area contributed by atoms with E-state index in [1.54, 1.807) is 0 Å². The van der Waals surface area contributed by atoms with Crippen LogP contribution in [0.1, 0.15) is 17.9 Å². The van der Waals surface area contributed by atoms with Crippen molar-refractivity contribution in [3.05, 3.63) is 29.8 Å². The molecule has 1 heterocycles. The zero-order valence-corrected chi connectivity index (χ0v) is 10.4. The standard InChI is InChI=1S/C12H17NO3S/c13-6-3-7-17(14,15)9-10-8-16-12-5-2-1-4-11(10)12/h1-2,4-5,10H,3,6-9,13H2. The van der Waals surface area contributed by atoms with Gasteiger partial charge in [0.1, 0.15) is 5.75 Å². The van der Waals surface area contributed by atoms with Crippen LogP contribution >= 0.6 is 0 Å². The van der Waals surface area contributed by atoms with Crippen molar-refractivity contribution < 1.29 is 13.2 Å². The van der Waals surface area contributed by atoms with E-state index in [0.29, 0.717) is 19.6 Å². The summed E-state index contributed by atoms with van der Waals surface area (Å²) >= 11 is 0. The summed E-state index contributed by atoms with van der Waals surface area (Å²) < 4.78 is 29.2. The number of nitrogens with two attached hydrogens (primary N) is 1. The van der Waals surface area contributed by atoms with Gasteiger partial charge in [0.25, 0.3) is 0 Å². The Bertz CT molecular complexity index is 484. The van der Waals surface area contributed by atoms with Crippen molar-refractivity contribution in [2.45, 2.75) is 12.3 Å². The van der Waals surface area contributed by atoms with Gasteiger partial charge < -0.3 is 10.5 Å². The number of rotatable bonds is 5. The highest BCUT2D eigenvalue weighted by atomic mass is 32.2. The molecule has 1 atom stereocenters. The molecule has 0 radical (unpaired) electrons. The maximum Gasteiger partial charge on any atom is 0.151 e. The lowest BCUT2D eigenvalue weighted by atomic mass is 10.0. The van der Waals surface area contributed by atoms with Crippen molar-refractivity contribution in [1.29, 1.82) is 0 Å². The van der Waals surface area contributed by atoms with E-state index >= 15 is 0 Å². The van der Waals surface area contributed by atoms with Gasteiger partial charge >= 0.3 is 0 Å². The molecule has 2 rings (SSSR count). The average Bonchev–Trinajstić information content (AvgIpc) is 2.70. The first-order valence-electron chi connectivity index (χ1n) is 5.74. The fourth-order valence-corrected chi connectivity index (χ4v) is 3.72. The van der Waals surface area contributed by atoms with E-state index in [4.69, 9.17) is 10.5 Å². The largest absolute Gasteiger partial charge is 0.493 e. The Morgan fingerprint density at radius 2 is 2.12 bits per heavy atom. The van der Waals surface area contributed by atoms with Gasteiger partial charge in [0, 0.05) is 11.5 Å². The topological polar surface area (TPSA) is 69.4 Å². The fourth-order valence-electron chi connectivity index (χ4n) is 2.06. The summed E-state index contributed by atoms with van der Waals surface area (Å²) in [6.45, 7) is 0.873. The lowest BCUT2D eigenvalue weighted by Gasteiger charge is -2.09. The molecule has 0 aliphatic carbocycles. The molecular formula is C12H17NO3S. The van der Waals surface area contributed by atoms with Crippen LogP contribution in [0.25, 0.3) is 0 Å². The van der Waals surface area contributed by atoms with Crippen molar-refractivity contribution in [1.82, 2.24) is 0 Å². The SMILES string of the molecule is NCCCS(=O)(=O)CC1COc2ccccc21. The number of fused-ring (bicyclic) bond motifs is 1. The molecule has 94 valence electrons. The van der Waals surface area contributed by atoms with Crippen molar-refractivity contribution in [2.24, 2.45) is 5.73 Å². The highest BCUT2D eigenvalue weighted by Gasteiger charge is 2.28. The third-order valence-electron chi connectivity index (χ3n) is 2.91. The van der Waals surface area contributed by atoms with Gasteiger partial charge in [-0.25, -0.2) is 8.42 Å². The van der Waals surface area contributed by atoms with E-state index < -0.39 is 9.84 Å². The summed E-state index contributed by atoms with van der Waals surface area (Å²) in [5.41, 5.74) is 6.33. The molecule has 5 heteroatoms. The number of hydrogen-bond donors (Lipinski definition) is 1. The molecule has 17 heavy (non-hydrogen) atoms. The van der Waals surface area contributed by atoms with Gasteiger partial charge in [0.15, 0.2) is 9.84 Å². The van der Waals surface area contributed by atoms with Crippen molar-refractivity contribution >= 4 is 9.84 Å². The Morgan fingerprint density at radius 3 is 2.88 bits per heavy atom. The minimum atomic E-state index is -3.03. The van der Waals surface area contributed by atoms with Crippen LogP contribution in [-0.4, -0.2) is 33.1 Å². The molecule has 1 aromatic rings. The lowest BCUT2D eigenvalue weighted by Crippen LogP contribution is -2.20. The van der Waals surface area contributed by atoms with Gasteiger partial charge in [-0.15, -0.1) is 0 Å². The number of hydrogen-bond acceptors (Lipinski definition) is 4. The quantitative estimate of drug-likeness (QED) is 0.849. The molecule has 0 aromatic heterocycles. The monoisotopic (exact) mass is 255 g/mol.